The Morgan fingerprint density at radius 2 is 1.73 bits per heavy atom. The fraction of sp³-hybridized carbons (Fsp3) is 0.344. The van der Waals surface area contributed by atoms with Crippen molar-refractivity contribution in [2.24, 2.45) is 5.92 Å². The van der Waals surface area contributed by atoms with E-state index in [2.05, 4.69) is 17.0 Å². The summed E-state index contributed by atoms with van der Waals surface area (Å²) < 4.78 is 52.0. The predicted octanol–water partition coefficient (Wildman–Crippen LogP) is 6.06. The van der Waals surface area contributed by atoms with Crippen molar-refractivity contribution in [2.45, 2.75) is 37.0 Å². The summed E-state index contributed by atoms with van der Waals surface area (Å²) in [7, 11) is -3.56. The van der Waals surface area contributed by atoms with Crippen LogP contribution >= 0.6 is 0 Å². The van der Waals surface area contributed by atoms with Gasteiger partial charge in [-0.25, -0.2) is 17.6 Å². The van der Waals surface area contributed by atoms with Crippen LogP contribution in [0.3, 0.4) is 0 Å². The third-order valence-electron chi connectivity index (χ3n) is 7.90. The van der Waals surface area contributed by atoms with Crippen molar-refractivity contribution in [3.63, 3.8) is 0 Å². The Hall–Kier alpha value is -3.36. The van der Waals surface area contributed by atoms with E-state index in [-0.39, 0.29) is 17.1 Å². The van der Waals surface area contributed by atoms with Crippen molar-refractivity contribution >= 4 is 27.0 Å². The van der Waals surface area contributed by atoms with Gasteiger partial charge in [0.25, 0.3) is 0 Å². The lowest BCUT2D eigenvalue weighted by molar-refractivity contribution is 0.0696. The Bertz CT molecular complexity index is 1560. The normalized spacial score (nSPS) is 16.4. The van der Waals surface area contributed by atoms with Gasteiger partial charge in [-0.2, -0.15) is 0 Å². The molecule has 0 unspecified atom stereocenters. The average Bonchev–Trinajstić information content (AvgIpc) is 3.08. The van der Waals surface area contributed by atoms with Gasteiger partial charge < -0.3 is 10.0 Å². The van der Waals surface area contributed by atoms with Gasteiger partial charge in [0.2, 0.25) is 0 Å². The SMILES string of the molecule is CS(=O)(=O)c1ccc(C2=C(c3ccc(CC4CN(CCCF)C4)cc3)c3ccc(C(=O)O)cc3CCC2)c(F)c1. The molecule has 0 aromatic heterocycles. The summed E-state index contributed by atoms with van der Waals surface area (Å²) in [6.45, 7) is 2.46. The Morgan fingerprint density at radius 1 is 1.00 bits per heavy atom. The highest BCUT2D eigenvalue weighted by atomic mass is 32.2. The summed E-state index contributed by atoms with van der Waals surface area (Å²) in [6, 6.07) is 17.4. The zero-order valence-corrected chi connectivity index (χ0v) is 23.3. The molecule has 40 heavy (non-hydrogen) atoms. The molecule has 0 amide bonds. The number of aromatic carboxylic acids is 1. The highest BCUT2D eigenvalue weighted by Crippen LogP contribution is 2.41. The van der Waals surface area contributed by atoms with E-state index in [0.717, 1.165) is 66.2 Å². The van der Waals surface area contributed by atoms with Gasteiger partial charge in [-0.15, -0.1) is 0 Å². The molecule has 1 fully saturated rings. The van der Waals surface area contributed by atoms with E-state index in [1.165, 1.54) is 17.7 Å². The summed E-state index contributed by atoms with van der Waals surface area (Å²) in [5.41, 5.74) is 6.02. The summed E-state index contributed by atoms with van der Waals surface area (Å²) in [5.74, 6) is -1.06. The molecule has 5 nitrogen and oxygen atoms in total. The largest absolute Gasteiger partial charge is 0.478 e. The summed E-state index contributed by atoms with van der Waals surface area (Å²) in [4.78, 5) is 13.9. The number of carboxylic acids is 1. The van der Waals surface area contributed by atoms with E-state index >= 15 is 4.39 Å². The third kappa shape index (κ3) is 6.03. The van der Waals surface area contributed by atoms with Crippen LogP contribution in [0.5, 0.6) is 0 Å². The monoisotopic (exact) mass is 565 g/mol. The lowest BCUT2D eigenvalue weighted by Crippen LogP contribution is -2.47. The number of hydrogen-bond acceptors (Lipinski definition) is 4. The maximum Gasteiger partial charge on any atom is 0.335 e. The van der Waals surface area contributed by atoms with Gasteiger partial charge in [0.15, 0.2) is 9.84 Å². The number of alkyl halides is 1. The maximum atomic E-state index is 15.5. The van der Waals surface area contributed by atoms with Gasteiger partial charge in [0.05, 0.1) is 17.1 Å². The Kier molecular flexibility index (Phi) is 8.19. The van der Waals surface area contributed by atoms with Crippen LogP contribution in [0, 0.1) is 11.7 Å². The molecule has 5 rings (SSSR count). The van der Waals surface area contributed by atoms with Gasteiger partial charge in [0, 0.05) is 31.5 Å². The number of sulfone groups is 1. The van der Waals surface area contributed by atoms with E-state index in [1.54, 1.807) is 18.2 Å². The van der Waals surface area contributed by atoms with Gasteiger partial charge >= 0.3 is 5.97 Å². The van der Waals surface area contributed by atoms with Gasteiger partial charge in [-0.1, -0.05) is 36.4 Å². The van der Waals surface area contributed by atoms with E-state index in [4.69, 9.17) is 0 Å². The third-order valence-corrected chi connectivity index (χ3v) is 9.01. The predicted molar refractivity (Wildman–Crippen MR) is 152 cm³/mol. The Morgan fingerprint density at radius 3 is 2.38 bits per heavy atom. The number of likely N-dealkylation sites (tertiary alicyclic amines) is 1. The average molecular weight is 566 g/mol. The summed E-state index contributed by atoms with van der Waals surface area (Å²) in [6.07, 6.45) is 4.46. The second kappa shape index (κ2) is 11.6. The van der Waals surface area contributed by atoms with E-state index in [0.29, 0.717) is 37.2 Å². The number of allylic oxidation sites excluding steroid dienone is 1. The quantitative estimate of drug-likeness (QED) is 0.342. The van der Waals surface area contributed by atoms with Crippen LogP contribution < -0.4 is 0 Å². The van der Waals surface area contributed by atoms with Crippen molar-refractivity contribution in [1.29, 1.82) is 0 Å². The smallest absolute Gasteiger partial charge is 0.335 e. The van der Waals surface area contributed by atoms with Crippen molar-refractivity contribution in [3.05, 3.63) is 99.9 Å². The van der Waals surface area contributed by atoms with Crippen LogP contribution in [-0.4, -0.2) is 57.0 Å². The molecule has 0 atom stereocenters. The lowest BCUT2D eigenvalue weighted by atomic mass is 9.86. The number of nitrogens with zero attached hydrogens (tertiary/aromatic N) is 1. The number of carbonyl (C=O) groups is 1. The Labute approximate surface area is 234 Å². The number of aryl methyl sites for hydroxylation is 1. The molecule has 1 heterocycles. The first kappa shape index (κ1) is 28.2. The number of benzene rings is 3. The van der Waals surface area contributed by atoms with Crippen molar-refractivity contribution in [2.75, 3.05) is 32.6 Å². The Balaban J connectivity index is 1.54. The minimum Gasteiger partial charge on any atom is -0.478 e. The van der Waals surface area contributed by atoms with Crippen LogP contribution in [0.1, 0.15) is 57.4 Å². The molecule has 8 heteroatoms. The second-order valence-electron chi connectivity index (χ2n) is 10.9. The van der Waals surface area contributed by atoms with Gasteiger partial charge in [-0.05, 0) is 95.7 Å². The van der Waals surface area contributed by atoms with Crippen LogP contribution in [0.15, 0.2) is 65.6 Å². The number of carboxylic acid groups (broad SMARTS) is 1. The van der Waals surface area contributed by atoms with Crippen LogP contribution in [0.25, 0.3) is 11.1 Å². The zero-order chi connectivity index (χ0) is 28.4. The molecule has 1 aliphatic heterocycles. The molecule has 0 radical (unpaired) electrons. The number of hydrogen-bond donors (Lipinski definition) is 1. The molecular formula is C32H33F2NO4S. The van der Waals surface area contributed by atoms with Crippen molar-refractivity contribution in [3.8, 4) is 0 Å². The van der Waals surface area contributed by atoms with E-state index < -0.39 is 21.6 Å². The molecular weight excluding hydrogens is 532 g/mol. The minimum absolute atomic E-state index is 0.0698. The molecule has 1 aliphatic carbocycles. The standard InChI is InChI=1S/C32H33F2NO4S/c1-40(38,39)26-11-13-28(30(34)18-26)29-5-2-4-24-17-25(32(36)37)10-12-27(24)31(29)23-8-6-21(7-9-23)16-22-19-35(20-22)15-3-14-33/h6-13,17-18,22H,2-5,14-16,19-20H2,1H3,(H,36,37). The molecule has 0 bridgehead atoms. The first-order valence-electron chi connectivity index (χ1n) is 13.6. The van der Waals surface area contributed by atoms with E-state index in [9.17, 15) is 22.7 Å². The van der Waals surface area contributed by atoms with Crippen LogP contribution in [0.2, 0.25) is 0 Å². The topological polar surface area (TPSA) is 74.7 Å². The van der Waals surface area contributed by atoms with Gasteiger partial charge in [0.1, 0.15) is 5.82 Å². The molecule has 210 valence electrons. The lowest BCUT2D eigenvalue weighted by Gasteiger charge is -2.39. The number of halogens is 2. The molecule has 2 aliphatic rings. The molecule has 1 N–H and O–H groups in total. The van der Waals surface area contributed by atoms with E-state index in [1.807, 2.05) is 12.1 Å². The second-order valence-corrected chi connectivity index (χ2v) is 12.9. The summed E-state index contributed by atoms with van der Waals surface area (Å²) >= 11 is 0. The van der Waals surface area contributed by atoms with Crippen LogP contribution in [-0.2, 0) is 22.7 Å². The zero-order valence-electron chi connectivity index (χ0n) is 22.5. The first-order valence-corrected chi connectivity index (χ1v) is 15.5. The highest BCUT2D eigenvalue weighted by molar-refractivity contribution is 7.90. The number of rotatable bonds is 9. The highest BCUT2D eigenvalue weighted by Gasteiger charge is 2.27. The molecule has 3 aromatic carbocycles. The fourth-order valence-electron chi connectivity index (χ4n) is 5.90. The molecule has 3 aromatic rings. The first-order chi connectivity index (χ1) is 19.1. The summed E-state index contributed by atoms with van der Waals surface area (Å²) in [5, 5.41) is 9.55. The molecule has 0 spiro atoms. The minimum atomic E-state index is -3.56. The molecule has 1 saturated heterocycles. The van der Waals surface area contributed by atoms with Crippen molar-refractivity contribution < 1.29 is 27.1 Å². The molecule has 0 saturated carbocycles. The fourth-order valence-corrected chi connectivity index (χ4v) is 6.54. The maximum absolute atomic E-state index is 15.5. The van der Waals surface area contributed by atoms with Crippen LogP contribution in [0.4, 0.5) is 8.78 Å². The number of fused-ring (bicyclic) bond motifs is 1. The van der Waals surface area contributed by atoms with Crippen molar-refractivity contribution in [1.82, 2.24) is 4.90 Å². The van der Waals surface area contributed by atoms with Gasteiger partial charge in [-0.3, -0.25) is 4.39 Å².